The van der Waals surface area contributed by atoms with Gasteiger partial charge in [-0.05, 0) is 38.3 Å². The highest BCUT2D eigenvalue weighted by atomic mass is 32.2. The van der Waals surface area contributed by atoms with Gasteiger partial charge in [0.25, 0.3) is 0 Å². The smallest absolute Gasteiger partial charge is 0.324 e. The second-order valence-corrected chi connectivity index (χ2v) is 6.81. The summed E-state index contributed by atoms with van der Waals surface area (Å²) in [5.41, 5.74) is 0. The molecule has 0 aromatic heterocycles. The van der Waals surface area contributed by atoms with Gasteiger partial charge >= 0.3 is 5.97 Å². The van der Waals surface area contributed by atoms with Crippen molar-refractivity contribution in [1.82, 2.24) is 4.31 Å². The number of rotatable bonds is 4. The number of nitrogens with zero attached hydrogens (tertiary/aromatic N) is 1. The molecule has 0 radical (unpaired) electrons. The Hall–Kier alpha value is -1.54. The van der Waals surface area contributed by atoms with Gasteiger partial charge in [0.05, 0.1) is 6.61 Å². The summed E-state index contributed by atoms with van der Waals surface area (Å²) in [6, 6.07) is 1.29. The number of hydrogen-bond donors (Lipinski definition) is 0. The predicted octanol–water partition coefficient (Wildman–Crippen LogP) is 2.07. The summed E-state index contributed by atoms with van der Waals surface area (Å²) in [6.45, 7) is 1.86. The van der Waals surface area contributed by atoms with Crippen LogP contribution in [0.1, 0.15) is 26.2 Å². The van der Waals surface area contributed by atoms with E-state index < -0.39 is 38.6 Å². The Morgan fingerprint density at radius 2 is 2.09 bits per heavy atom. The number of halogens is 2. The minimum absolute atomic E-state index is 0.0998. The Bertz CT molecular complexity index is 663. The number of ether oxygens (including phenoxy) is 1. The van der Waals surface area contributed by atoms with E-state index in [9.17, 15) is 22.0 Å². The molecular weight excluding hydrogens is 316 g/mol. The summed E-state index contributed by atoms with van der Waals surface area (Å²) >= 11 is 0. The number of carbonyl (C=O) groups excluding carboxylic acids is 1. The lowest BCUT2D eigenvalue weighted by Crippen LogP contribution is -2.48. The van der Waals surface area contributed by atoms with E-state index in [-0.39, 0.29) is 13.2 Å². The third-order valence-corrected chi connectivity index (χ3v) is 5.43. The zero-order valence-electron chi connectivity index (χ0n) is 12.1. The molecule has 122 valence electrons. The molecule has 1 aromatic rings. The number of esters is 1. The Morgan fingerprint density at radius 1 is 1.36 bits per heavy atom. The number of hydrogen-bond acceptors (Lipinski definition) is 4. The lowest BCUT2D eigenvalue weighted by atomic mass is 10.1. The number of piperidine rings is 1. The van der Waals surface area contributed by atoms with Crippen molar-refractivity contribution in [2.45, 2.75) is 37.1 Å². The third kappa shape index (κ3) is 3.27. The zero-order valence-corrected chi connectivity index (χ0v) is 12.9. The molecule has 5 nitrogen and oxygen atoms in total. The quantitative estimate of drug-likeness (QED) is 0.792. The van der Waals surface area contributed by atoms with Crippen LogP contribution < -0.4 is 0 Å². The van der Waals surface area contributed by atoms with Gasteiger partial charge in [0.2, 0.25) is 10.0 Å². The zero-order chi connectivity index (χ0) is 16.3. The summed E-state index contributed by atoms with van der Waals surface area (Å²) in [7, 11) is -4.23. The van der Waals surface area contributed by atoms with Gasteiger partial charge in [0.15, 0.2) is 0 Å². The fourth-order valence-corrected chi connectivity index (χ4v) is 4.17. The summed E-state index contributed by atoms with van der Waals surface area (Å²) < 4.78 is 57.8. The lowest BCUT2D eigenvalue weighted by molar-refractivity contribution is -0.148. The first kappa shape index (κ1) is 16.8. The molecular formula is C14H17F2NO4S. The molecule has 1 fully saturated rings. The average molecular weight is 333 g/mol. The Balaban J connectivity index is 2.38. The number of sulfonamides is 1. The topological polar surface area (TPSA) is 63.7 Å². The third-order valence-electron chi connectivity index (χ3n) is 3.49. The minimum atomic E-state index is -4.23. The number of benzene rings is 1. The van der Waals surface area contributed by atoms with Crippen molar-refractivity contribution in [1.29, 1.82) is 0 Å². The van der Waals surface area contributed by atoms with Crippen molar-refractivity contribution in [2.24, 2.45) is 0 Å². The maximum absolute atomic E-state index is 13.8. The molecule has 1 aliphatic heterocycles. The fourth-order valence-electron chi connectivity index (χ4n) is 2.48. The van der Waals surface area contributed by atoms with Crippen LogP contribution in [0.25, 0.3) is 0 Å². The highest BCUT2D eigenvalue weighted by Gasteiger charge is 2.39. The molecule has 0 spiro atoms. The van der Waals surface area contributed by atoms with Crippen molar-refractivity contribution in [3.8, 4) is 0 Å². The van der Waals surface area contributed by atoms with Crippen LogP contribution >= 0.6 is 0 Å². The highest BCUT2D eigenvalue weighted by Crippen LogP contribution is 2.27. The Morgan fingerprint density at radius 3 is 2.73 bits per heavy atom. The average Bonchev–Trinajstić information content (AvgIpc) is 2.47. The Labute approximate surface area is 127 Å². The van der Waals surface area contributed by atoms with Crippen LogP contribution in [-0.4, -0.2) is 37.9 Å². The van der Waals surface area contributed by atoms with Gasteiger partial charge < -0.3 is 4.74 Å². The van der Waals surface area contributed by atoms with Gasteiger partial charge in [-0.3, -0.25) is 4.79 Å². The standard InChI is InChI=1S/C14H17F2NO4S/c1-2-21-14(18)12-5-3-4-8-17(12)22(19,20)13-7-6-10(15)9-11(13)16/h6-7,9,12H,2-5,8H2,1H3/t12-/m0/s1. The molecule has 0 aliphatic carbocycles. The van der Waals surface area contributed by atoms with E-state index >= 15 is 0 Å². The molecule has 8 heteroatoms. The molecule has 2 rings (SSSR count). The van der Waals surface area contributed by atoms with E-state index in [1.54, 1.807) is 6.92 Å². The predicted molar refractivity (Wildman–Crippen MR) is 74.5 cm³/mol. The van der Waals surface area contributed by atoms with E-state index in [0.29, 0.717) is 25.3 Å². The normalized spacial score (nSPS) is 19.9. The van der Waals surface area contributed by atoms with Crippen LogP contribution in [0.15, 0.2) is 23.1 Å². The van der Waals surface area contributed by atoms with Crippen molar-refractivity contribution < 1.29 is 26.7 Å². The minimum Gasteiger partial charge on any atom is -0.465 e. The van der Waals surface area contributed by atoms with E-state index in [0.717, 1.165) is 16.4 Å². The van der Waals surface area contributed by atoms with Crippen LogP contribution in [0.5, 0.6) is 0 Å². The second kappa shape index (κ2) is 6.70. The van der Waals surface area contributed by atoms with Gasteiger partial charge in [0, 0.05) is 12.6 Å². The van der Waals surface area contributed by atoms with Crippen molar-refractivity contribution in [2.75, 3.05) is 13.2 Å². The van der Waals surface area contributed by atoms with Crippen molar-refractivity contribution >= 4 is 16.0 Å². The summed E-state index contributed by atoms with van der Waals surface area (Å²) in [4.78, 5) is 11.3. The molecule has 1 aromatic carbocycles. The Kier molecular flexibility index (Phi) is 5.12. The van der Waals surface area contributed by atoms with Gasteiger partial charge in [-0.2, -0.15) is 4.31 Å². The monoisotopic (exact) mass is 333 g/mol. The van der Waals surface area contributed by atoms with E-state index in [2.05, 4.69) is 0 Å². The molecule has 1 atom stereocenters. The maximum Gasteiger partial charge on any atom is 0.324 e. The first-order valence-electron chi connectivity index (χ1n) is 7.01. The van der Waals surface area contributed by atoms with Gasteiger partial charge in [-0.25, -0.2) is 17.2 Å². The van der Waals surface area contributed by atoms with Gasteiger partial charge in [-0.15, -0.1) is 0 Å². The molecule has 0 amide bonds. The molecule has 1 aliphatic rings. The van der Waals surface area contributed by atoms with Crippen molar-refractivity contribution in [3.05, 3.63) is 29.8 Å². The van der Waals surface area contributed by atoms with E-state index in [1.807, 2.05) is 0 Å². The molecule has 1 saturated heterocycles. The molecule has 0 saturated carbocycles. The van der Waals surface area contributed by atoms with Gasteiger partial charge in [-0.1, -0.05) is 0 Å². The molecule has 1 heterocycles. The van der Waals surface area contributed by atoms with Crippen LogP contribution in [0.2, 0.25) is 0 Å². The first-order valence-corrected chi connectivity index (χ1v) is 8.45. The first-order chi connectivity index (χ1) is 10.4. The van der Waals surface area contributed by atoms with Gasteiger partial charge in [0.1, 0.15) is 22.6 Å². The molecule has 22 heavy (non-hydrogen) atoms. The molecule has 0 unspecified atom stereocenters. The summed E-state index contributed by atoms with van der Waals surface area (Å²) in [5, 5.41) is 0. The van der Waals surface area contributed by atoms with Crippen molar-refractivity contribution in [3.63, 3.8) is 0 Å². The summed E-state index contributed by atoms with van der Waals surface area (Å²) in [6.07, 6.45) is 1.57. The van der Waals surface area contributed by atoms with Crippen LogP contribution in [0.3, 0.4) is 0 Å². The largest absolute Gasteiger partial charge is 0.465 e. The lowest BCUT2D eigenvalue weighted by Gasteiger charge is -2.32. The van der Waals surface area contributed by atoms with E-state index in [4.69, 9.17) is 4.74 Å². The molecule has 0 bridgehead atoms. The SMILES string of the molecule is CCOC(=O)[C@@H]1CCCCN1S(=O)(=O)c1ccc(F)cc1F. The van der Waals surface area contributed by atoms with Crippen LogP contribution in [0.4, 0.5) is 8.78 Å². The van der Waals surface area contributed by atoms with Crippen LogP contribution in [-0.2, 0) is 19.6 Å². The fraction of sp³-hybridized carbons (Fsp3) is 0.500. The highest BCUT2D eigenvalue weighted by molar-refractivity contribution is 7.89. The summed E-state index contributed by atoms with van der Waals surface area (Å²) in [5.74, 6) is -2.68. The van der Waals surface area contributed by atoms with E-state index in [1.165, 1.54) is 0 Å². The molecule has 0 N–H and O–H groups in total. The van der Waals surface area contributed by atoms with Crippen LogP contribution in [0, 0.1) is 11.6 Å². The number of carbonyl (C=O) groups is 1. The maximum atomic E-state index is 13.8. The second-order valence-electron chi connectivity index (χ2n) is 4.95.